The van der Waals surface area contributed by atoms with Crippen LogP contribution >= 0.6 is 11.6 Å². The highest BCUT2D eigenvalue weighted by Crippen LogP contribution is 2.27. The van der Waals surface area contributed by atoms with Gasteiger partial charge in [-0.15, -0.1) is 0 Å². The smallest absolute Gasteiger partial charge is 0.257 e. The van der Waals surface area contributed by atoms with E-state index in [1.54, 1.807) is 23.6 Å². The molecule has 1 aromatic heterocycles. The van der Waals surface area contributed by atoms with Crippen molar-refractivity contribution in [2.75, 3.05) is 31.6 Å². The van der Waals surface area contributed by atoms with Crippen molar-refractivity contribution in [3.63, 3.8) is 0 Å². The van der Waals surface area contributed by atoms with Gasteiger partial charge in [-0.3, -0.25) is 14.7 Å². The van der Waals surface area contributed by atoms with Gasteiger partial charge in [-0.2, -0.15) is 0 Å². The van der Waals surface area contributed by atoms with Crippen molar-refractivity contribution in [3.05, 3.63) is 57.0 Å². The van der Waals surface area contributed by atoms with Gasteiger partial charge in [0.15, 0.2) is 6.17 Å². The van der Waals surface area contributed by atoms with E-state index in [1.165, 1.54) is 6.07 Å². The number of nitrogens with zero attached hydrogens (tertiary/aromatic N) is 4. The molecule has 0 amide bonds. The van der Waals surface area contributed by atoms with Gasteiger partial charge in [-0.25, -0.2) is 9.98 Å². The van der Waals surface area contributed by atoms with Crippen LogP contribution in [0.5, 0.6) is 0 Å². The van der Waals surface area contributed by atoms with Crippen molar-refractivity contribution in [2.45, 2.75) is 13.1 Å². The molecule has 1 saturated heterocycles. The molecule has 7 nitrogen and oxygen atoms in total. The van der Waals surface area contributed by atoms with E-state index in [0.717, 1.165) is 18.7 Å². The maximum absolute atomic E-state index is 12.6. The second-order valence-electron chi connectivity index (χ2n) is 6.03. The lowest BCUT2D eigenvalue weighted by Gasteiger charge is -2.34. The number of halogens is 1. The molecule has 4 rings (SSSR count). The first-order valence-electron chi connectivity index (χ1n) is 8.15. The monoisotopic (exact) mass is 359 g/mol. The van der Waals surface area contributed by atoms with Crippen molar-refractivity contribution < 1.29 is 4.74 Å². The lowest BCUT2D eigenvalue weighted by molar-refractivity contribution is 0.0675. The van der Waals surface area contributed by atoms with Crippen LogP contribution in [-0.4, -0.2) is 46.7 Å². The van der Waals surface area contributed by atoms with E-state index in [0.29, 0.717) is 35.8 Å². The molecule has 8 heteroatoms. The third-order valence-electron chi connectivity index (χ3n) is 4.27. The number of benzene rings is 1. The molecule has 2 aliphatic heterocycles. The van der Waals surface area contributed by atoms with E-state index < -0.39 is 6.17 Å². The largest absolute Gasteiger partial charge is 0.378 e. The molecule has 0 radical (unpaired) electrons. The third-order valence-corrected chi connectivity index (χ3v) is 4.52. The predicted molar refractivity (Wildman–Crippen MR) is 96.3 cm³/mol. The molecule has 130 valence electrons. The summed E-state index contributed by atoms with van der Waals surface area (Å²) >= 11 is 6.00. The van der Waals surface area contributed by atoms with Crippen LogP contribution < -0.4 is 10.9 Å². The number of anilines is 1. The van der Waals surface area contributed by atoms with Crippen molar-refractivity contribution in [3.8, 4) is 0 Å². The SMILES string of the molecule is Cc1cc(=O)n2c(n1)NC(N1CCOCC1)=N[C@@H]2c1ccc(Cl)cc1. The Balaban J connectivity index is 1.82. The number of aryl methyl sites for hydroxylation is 1. The zero-order chi connectivity index (χ0) is 17.4. The zero-order valence-electron chi connectivity index (χ0n) is 13.8. The second-order valence-corrected chi connectivity index (χ2v) is 6.47. The van der Waals surface area contributed by atoms with E-state index in [4.69, 9.17) is 21.3 Å². The molecule has 2 aromatic rings. The zero-order valence-corrected chi connectivity index (χ0v) is 14.5. The number of morpholine rings is 1. The van der Waals surface area contributed by atoms with Gasteiger partial charge < -0.3 is 9.64 Å². The molecule has 1 aromatic carbocycles. The van der Waals surface area contributed by atoms with Gasteiger partial charge in [0, 0.05) is 29.9 Å². The highest BCUT2D eigenvalue weighted by atomic mass is 35.5. The van der Waals surface area contributed by atoms with Gasteiger partial charge in [0.05, 0.1) is 13.2 Å². The molecule has 0 spiro atoms. The molecule has 2 aliphatic rings. The summed E-state index contributed by atoms with van der Waals surface area (Å²) in [6.45, 7) is 4.60. The summed E-state index contributed by atoms with van der Waals surface area (Å²) in [5.41, 5.74) is 1.41. The molecule has 25 heavy (non-hydrogen) atoms. The first-order valence-corrected chi connectivity index (χ1v) is 8.53. The van der Waals surface area contributed by atoms with Gasteiger partial charge in [0.1, 0.15) is 0 Å². The Kier molecular flexibility index (Phi) is 4.19. The van der Waals surface area contributed by atoms with E-state index in [9.17, 15) is 4.79 Å². The highest BCUT2D eigenvalue weighted by molar-refractivity contribution is 6.30. The lowest BCUT2D eigenvalue weighted by Crippen LogP contribution is -2.47. The van der Waals surface area contributed by atoms with E-state index in [-0.39, 0.29) is 5.56 Å². The summed E-state index contributed by atoms with van der Waals surface area (Å²) in [5, 5.41) is 3.85. The average molecular weight is 360 g/mol. The molecular formula is C17H18ClN5O2. The summed E-state index contributed by atoms with van der Waals surface area (Å²) in [4.78, 5) is 24.0. The van der Waals surface area contributed by atoms with Crippen LogP contribution in [0.2, 0.25) is 5.02 Å². The van der Waals surface area contributed by atoms with Crippen molar-refractivity contribution in [2.24, 2.45) is 4.99 Å². The number of ether oxygens (including phenoxy) is 1. The number of hydrogen-bond donors (Lipinski definition) is 1. The fraction of sp³-hybridized carbons (Fsp3) is 0.353. The predicted octanol–water partition coefficient (Wildman–Crippen LogP) is 1.87. The van der Waals surface area contributed by atoms with Crippen LogP contribution in [-0.2, 0) is 4.74 Å². The standard InChI is InChI=1S/C17H18ClN5O2/c1-11-10-14(24)23-15(12-2-4-13(18)5-3-12)20-16(21-17(23)19-11)22-6-8-25-9-7-22/h2-5,10,15H,6-9H2,1H3,(H,19,20,21)/t15-/m0/s1. The first kappa shape index (κ1) is 16.1. The van der Waals surface area contributed by atoms with Crippen LogP contribution in [0.3, 0.4) is 0 Å². The normalized spacial score (nSPS) is 19.8. The van der Waals surface area contributed by atoms with Crippen LogP contribution in [0.15, 0.2) is 40.1 Å². The topological polar surface area (TPSA) is 71.8 Å². The summed E-state index contributed by atoms with van der Waals surface area (Å²) in [6.07, 6.45) is -0.480. The summed E-state index contributed by atoms with van der Waals surface area (Å²) in [6, 6.07) is 8.89. The second kappa shape index (κ2) is 6.50. The Labute approximate surface area is 149 Å². The van der Waals surface area contributed by atoms with Crippen LogP contribution in [0.25, 0.3) is 0 Å². The summed E-state index contributed by atoms with van der Waals surface area (Å²) in [7, 11) is 0. The minimum absolute atomic E-state index is 0.139. The maximum atomic E-state index is 12.6. The lowest BCUT2D eigenvalue weighted by atomic mass is 10.1. The number of fused-ring (bicyclic) bond motifs is 1. The molecule has 0 aliphatic carbocycles. The molecular weight excluding hydrogens is 342 g/mol. The fourth-order valence-corrected chi connectivity index (χ4v) is 3.16. The Morgan fingerprint density at radius 2 is 1.96 bits per heavy atom. The fourth-order valence-electron chi connectivity index (χ4n) is 3.03. The Morgan fingerprint density at radius 1 is 1.24 bits per heavy atom. The highest BCUT2D eigenvalue weighted by Gasteiger charge is 2.28. The number of hydrogen-bond acceptors (Lipinski definition) is 6. The molecule has 1 atom stereocenters. The van der Waals surface area contributed by atoms with Gasteiger partial charge in [0.25, 0.3) is 5.56 Å². The molecule has 0 unspecified atom stereocenters. The Morgan fingerprint density at radius 3 is 2.68 bits per heavy atom. The summed E-state index contributed by atoms with van der Waals surface area (Å²) < 4.78 is 6.98. The molecule has 1 N–H and O–H groups in total. The molecule has 3 heterocycles. The Bertz CT molecular complexity index is 872. The van der Waals surface area contributed by atoms with Crippen molar-refractivity contribution >= 4 is 23.5 Å². The van der Waals surface area contributed by atoms with Gasteiger partial charge in [-0.05, 0) is 24.6 Å². The van der Waals surface area contributed by atoms with Crippen LogP contribution in [0.4, 0.5) is 5.95 Å². The van der Waals surface area contributed by atoms with Crippen molar-refractivity contribution in [1.82, 2.24) is 14.5 Å². The number of aromatic nitrogens is 2. The minimum Gasteiger partial charge on any atom is -0.378 e. The van der Waals surface area contributed by atoms with E-state index in [1.807, 2.05) is 12.1 Å². The number of nitrogens with one attached hydrogen (secondary N) is 1. The number of guanidine groups is 1. The number of aliphatic imine (C=N–C) groups is 1. The molecule has 0 bridgehead atoms. The van der Waals surface area contributed by atoms with Crippen molar-refractivity contribution in [1.29, 1.82) is 0 Å². The van der Waals surface area contributed by atoms with Crippen LogP contribution in [0.1, 0.15) is 17.4 Å². The maximum Gasteiger partial charge on any atom is 0.257 e. The summed E-state index contributed by atoms with van der Waals surface area (Å²) in [5.74, 6) is 1.21. The molecule has 1 fully saturated rings. The van der Waals surface area contributed by atoms with E-state index >= 15 is 0 Å². The molecule has 0 saturated carbocycles. The van der Waals surface area contributed by atoms with E-state index in [2.05, 4.69) is 15.2 Å². The number of rotatable bonds is 1. The van der Waals surface area contributed by atoms with Gasteiger partial charge in [-0.1, -0.05) is 23.7 Å². The third kappa shape index (κ3) is 3.12. The quantitative estimate of drug-likeness (QED) is 0.841. The average Bonchev–Trinajstić information content (AvgIpc) is 2.62. The minimum atomic E-state index is -0.480. The first-order chi connectivity index (χ1) is 12.1. The van der Waals surface area contributed by atoms with Crippen LogP contribution in [0, 0.1) is 6.92 Å². The Hall–Kier alpha value is -2.38. The van der Waals surface area contributed by atoms with Gasteiger partial charge in [0.2, 0.25) is 11.9 Å². The van der Waals surface area contributed by atoms with Gasteiger partial charge >= 0.3 is 0 Å².